The van der Waals surface area contributed by atoms with Gasteiger partial charge in [-0.2, -0.15) is 0 Å². The molecule has 0 aliphatic carbocycles. The van der Waals surface area contributed by atoms with Gasteiger partial charge in [0.2, 0.25) is 0 Å². The fourth-order valence-electron chi connectivity index (χ4n) is 2.03. The number of phenolic OH excluding ortho intramolecular Hbond substituents is 1. The Hall–Kier alpha value is -0.880. The molecule has 1 fully saturated rings. The van der Waals surface area contributed by atoms with Gasteiger partial charge in [0.15, 0.2) is 0 Å². The van der Waals surface area contributed by atoms with Crippen LogP contribution in [-0.4, -0.2) is 56.1 Å². The highest BCUT2D eigenvalue weighted by molar-refractivity contribution is 5.85. The third-order valence-corrected chi connectivity index (χ3v) is 3.44. The van der Waals surface area contributed by atoms with Crippen molar-refractivity contribution in [1.29, 1.82) is 0 Å². The average Bonchev–Trinajstić information content (AvgIpc) is 2.34. The number of hydrogen-bond acceptors (Lipinski definition) is 4. The molecule has 1 aliphatic heterocycles. The van der Waals surface area contributed by atoms with Gasteiger partial charge in [-0.25, -0.2) is 0 Å². The van der Waals surface area contributed by atoms with Gasteiger partial charge in [-0.1, -0.05) is 0 Å². The smallest absolute Gasteiger partial charge is 0.146 e. The number of quaternary nitrogens is 1. The van der Waals surface area contributed by atoms with Crippen LogP contribution >= 0.6 is 12.4 Å². The van der Waals surface area contributed by atoms with Crippen LogP contribution in [0.5, 0.6) is 11.5 Å². The van der Waals surface area contributed by atoms with Crippen LogP contribution in [-0.2, 0) is 4.74 Å². The molecule has 0 aromatic heterocycles. The minimum absolute atomic E-state index is 0. The van der Waals surface area contributed by atoms with Gasteiger partial charge < -0.3 is 37.2 Å². The topological polar surface area (TPSA) is 64.7 Å². The molecule has 1 aromatic rings. The Morgan fingerprint density at radius 3 is 2.65 bits per heavy atom. The van der Waals surface area contributed by atoms with Crippen LogP contribution in [0.25, 0.3) is 0 Å². The van der Waals surface area contributed by atoms with E-state index in [9.17, 15) is 5.11 Å². The summed E-state index contributed by atoms with van der Waals surface area (Å²) in [6.45, 7) is 5.15. The molecule has 0 radical (unpaired) electrons. The third-order valence-electron chi connectivity index (χ3n) is 3.44. The first-order valence-electron chi connectivity index (χ1n) is 6.22. The van der Waals surface area contributed by atoms with Crippen LogP contribution in [0, 0.1) is 0 Å². The number of phenols is 1. The van der Waals surface area contributed by atoms with Crippen LogP contribution < -0.4 is 22.9 Å². The predicted molar refractivity (Wildman–Crippen MR) is 76.9 cm³/mol. The van der Waals surface area contributed by atoms with E-state index in [-0.39, 0.29) is 30.6 Å². The number of benzene rings is 1. The maximum Gasteiger partial charge on any atom is 0.146 e. The van der Waals surface area contributed by atoms with E-state index in [0.29, 0.717) is 18.0 Å². The Labute approximate surface area is 132 Å². The van der Waals surface area contributed by atoms with Gasteiger partial charge in [0.05, 0.1) is 25.9 Å². The maximum absolute atomic E-state index is 9.38. The zero-order chi connectivity index (χ0) is 13.0. The minimum atomic E-state index is 0. The van der Waals surface area contributed by atoms with Crippen molar-refractivity contribution >= 4 is 18.1 Å². The summed E-state index contributed by atoms with van der Waals surface area (Å²) in [4.78, 5) is 0. The van der Waals surface area contributed by atoms with Crippen molar-refractivity contribution in [3.8, 4) is 11.5 Å². The average molecular weight is 325 g/mol. The second kappa shape index (κ2) is 8.42. The summed E-state index contributed by atoms with van der Waals surface area (Å²) in [5.74, 6) is 0.723. The Morgan fingerprint density at radius 2 is 2.00 bits per heavy atom. The molecule has 7 heteroatoms. The quantitative estimate of drug-likeness (QED) is 0.392. The summed E-state index contributed by atoms with van der Waals surface area (Å²) in [6, 6.07) is 4.75. The van der Waals surface area contributed by atoms with Crippen LogP contribution in [0.3, 0.4) is 0 Å². The Bertz CT molecular complexity index is 413. The van der Waals surface area contributed by atoms with E-state index in [4.69, 9.17) is 15.2 Å². The van der Waals surface area contributed by atoms with Crippen LogP contribution in [0.4, 0.5) is 5.69 Å². The molecule has 5 nitrogen and oxygen atoms in total. The van der Waals surface area contributed by atoms with E-state index in [1.54, 1.807) is 18.2 Å². The zero-order valence-corrected chi connectivity index (χ0v) is 13.1. The Morgan fingerprint density at radius 1 is 1.35 bits per heavy atom. The third kappa shape index (κ3) is 5.25. The minimum Gasteiger partial charge on any atom is -1.00 e. The van der Waals surface area contributed by atoms with Gasteiger partial charge in [0.1, 0.15) is 37.7 Å². The van der Waals surface area contributed by atoms with Gasteiger partial charge in [-0.3, -0.25) is 0 Å². The summed E-state index contributed by atoms with van der Waals surface area (Å²) >= 11 is 0. The second-order valence-corrected chi connectivity index (χ2v) is 4.97. The van der Waals surface area contributed by atoms with Gasteiger partial charge in [-0.05, 0) is 12.1 Å². The van der Waals surface area contributed by atoms with Crippen molar-refractivity contribution in [3.05, 3.63) is 18.2 Å². The molecule has 1 aliphatic rings. The summed E-state index contributed by atoms with van der Waals surface area (Å²) in [5, 5.41) is 9.38. The summed E-state index contributed by atoms with van der Waals surface area (Å²) < 4.78 is 12.0. The first-order chi connectivity index (χ1) is 8.59. The number of rotatable bonds is 4. The number of hydrogen-bond donors (Lipinski definition) is 2. The molecule has 0 atom stereocenters. The Kier molecular flexibility index (Phi) is 8.05. The largest absolute Gasteiger partial charge is 1.00 e. The SMILES string of the molecule is C[N+]1(CCOc2cc(O)ccc2N)CCOCC1.Cl.[Cl-]. The van der Waals surface area contributed by atoms with Crippen molar-refractivity contribution in [2.24, 2.45) is 0 Å². The molecule has 1 aromatic carbocycles. The van der Waals surface area contributed by atoms with E-state index < -0.39 is 0 Å². The highest BCUT2D eigenvalue weighted by Crippen LogP contribution is 2.26. The highest BCUT2D eigenvalue weighted by Gasteiger charge is 2.24. The molecular formula is C13H22Cl2N2O3. The lowest BCUT2D eigenvalue weighted by Gasteiger charge is -2.37. The molecular weight excluding hydrogens is 303 g/mol. The number of aromatic hydroxyl groups is 1. The Balaban J connectivity index is 0.00000180. The summed E-state index contributed by atoms with van der Waals surface area (Å²) in [6.07, 6.45) is 0. The van der Waals surface area contributed by atoms with Crippen molar-refractivity contribution in [3.63, 3.8) is 0 Å². The first kappa shape index (κ1) is 19.1. The molecule has 2 rings (SSSR count). The number of ether oxygens (including phenoxy) is 2. The van der Waals surface area contributed by atoms with Gasteiger partial charge >= 0.3 is 0 Å². The van der Waals surface area contributed by atoms with Crippen LogP contribution in [0.15, 0.2) is 18.2 Å². The second-order valence-electron chi connectivity index (χ2n) is 4.97. The lowest BCUT2D eigenvalue weighted by Crippen LogP contribution is -3.00. The number of halogens is 2. The molecule has 0 spiro atoms. The van der Waals surface area contributed by atoms with Crippen molar-refractivity contribution in [1.82, 2.24) is 0 Å². The fourth-order valence-corrected chi connectivity index (χ4v) is 2.03. The highest BCUT2D eigenvalue weighted by atomic mass is 35.5. The lowest BCUT2D eigenvalue weighted by atomic mass is 10.3. The molecule has 0 amide bonds. The van der Waals surface area contributed by atoms with Gasteiger partial charge in [0, 0.05) is 6.07 Å². The molecule has 0 saturated carbocycles. The summed E-state index contributed by atoms with van der Waals surface area (Å²) in [7, 11) is 2.21. The zero-order valence-electron chi connectivity index (χ0n) is 11.5. The number of anilines is 1. The summed E-state index contributed by atoms with van der Waals surface area (Å²) in [5.41, 5.74) is 6.33. The normalized spacial score (nSPS) is 16.6. The first-order valence-corrected chi connectivity index (χ1v) is 6.22. The number of likely N-dealkylation sites (N-methyl/N-ethyl adjacent to an activating group) is 1. The molecule has 20 heavy (non-hydrogen) atoms. The van der Waals surface area contributed by atoms with Crippen molar-refractivity contribution in [2.75, 3.05) is 52.2 Å². The molecule has 1 heterocycles. The van der Waals surface area contributed by atoms with Crippen molar-refractivity contribution in [2.45, 2.75) is 0 Å². The van der Waals surface area contributed by atoms with E-state index in [2.05, 4.69) is 7.05 Å². The predicted octanol–water partition coefficient (Wildman–Crippen LogP) is -1.74. The molecule has 0 bridgehead atoms. The fraction of sp³-hybridized carbons (Fsp3) is 0.538. The molecule has 3 N–H and O–H groups in total. The standard InChI is InChI=1S/C13H20N2O3.2ClH/c1-15(4-7-17-8-5-15)6-9-18-13-10-11(16)2-3-12(13)14;;/h2-3,10H,4-9,14H2,1H3;2*1H. The number of morpholine rings is 1. The molecule has 116 valence electrons. The van der Waals surface area contributed by atoms with E-state index in [1.165, 1.54) is 0 Å². The van der Waals surface area contributed by atoms with Crippen molar-refractivity contribution < 1.29 is 31.5 Å². The van der Waals surface area contributed by atoms with Gasteiger partial charge in [-0.15, -0.1) is 12.4 Å². The lowest BCUT2D eigenvalue weighted by molar-refractivity contribution is -0.916. The van der Waals surface area contributed by atoms with Gasteiger partial charge in [0.25, 0.3) is 0 Å². The van der Waals surface area contributed by atoms with E-state index in [0.717, 1.165) is 37.3 Å². The monoisotopic (exact) mass is 324 g/mol. The van der Waals surface area contributed by atoms with Crippen LogP contribution in [0.1, 0.15) is 0 Å². The number of nitrogens with zero attached hydrogens (tertiary/aromatic N) is 1. The number of nitrogens with two attached hydrogens (primary N) is 1. The van der Waals surface area contributed by atoms with E-state index in [1.807, 2.05) is 0 Å². The molecule has 1 saturated heterocycles. The molecule has 0 unspecified atom stereocenters. The van der Waals surface area contributed by atoms with Crippen LogP contribution in [0.2, 0.25) is 0 Å². The maximum atomic E-state index is 9.38. The van der Waals surface area contributed by atoms with E-state index >= 15 is 0 Å². The number of nitrogen functional groups attached to an aromatic ring is 1.